The minimum atomic E-state index is -1.54. The highest BCUT2D eigenvalue weighted by Gasteiger charge is 2.22. The van der Waals surface area contributed by atoms with Crippen molar-refractivity contribution < 1.29 is 9.16 Å². The van der Waals surface area contributed by atoms with Gasteiger partial charge in [-0.25, -0.2) is 9.67 Å². The quantitative estimate of drug-likeness (QED) is 0.196. The summed E-state index contributed by atoms with van der Waals surface area (Å²) in [6.07, 6.45) is 3.36. The number of halogens is 1. The van der Waals surface area contributed by atoms with Gasteiger partial charge in [0.1, 0.15) is 18.8 Å². The van der Waals surface area contributed by atoms with E-state index in [1.165, 1.54) is 4.68 Å². The lowest BCUT2D eigenvalue weighted by molar-refractivity contribution is 0.0457. The van der Waals surface area contributed by atoms with E-state index in [-0.39, 0.29) is 5.56 Å². The van der Waals surface area contributed by atoms with Crippen molar-refractivity contribution in [3.8, 4) is 39.5 Å². The fraction of sp³-hybridized carbons (Fsp3) is 0.259. The second kappa shape index (κ2) is 10.7. The van der Waals surface area contributed by atoms with Crippen molar-refractivity contribution in [2.45, 2.75) is 33.3 Å². The molecule has 196 valence electrons. The van der Waals surface area contributed by atoms with Crippen molar-refractivity contribution in [3.05, 3.63) is 82.1 Å². The first kappa shape index (κ1) is 26.1. The summed E-state index contributed by atoms with van der Waals surface area (Å²) in [6.45, 7) is 9.81. The number of pyridine rings is 1. The van der Waals surface area contributed by atoms with E-state index in [0.717, 1.165) is 22.4 Å². The number of hydrogen-bond acceptors (Lipinski definition) is 6. The van der Waals surface area contributed by atoms with Gasteiger partial charge in [-0.3, -0.25) is 4.79 Å². The number of nitrogens with one attached hydrogen (secondary N) is 1. The van der Waals surface area contributed by atoms with Crippen LogP contribution in [-0.4, -0.2) is 51.1 Å². The van der Waals surface area contributed by atoms with Gasteiger partial charge in [0.15, 0.2) is 14.1 Å². The number of fused-ring (bicyclic) bond motifs is 1. The van der Waals surface area contributed by atoms with Crippen LogP contribution < -0.4 is 5.56 Å². The molecule has 0 atom stereocenters. The van der Waals surface area contributed by atoms with Crippen LogP contribution in [0, 0.1) is 6.92 Å². The Hall–Kier alpha value is -3.57. The van der Waals surface area contributed by atoms with Crippen LogP contribution in [0.4, 0.5) is 0 Å². The Morgan fingerprint density at radius 2 is 1.68 bits per heavy atom. The molecule has 0 saturated carbocycles. The molecule has 5 rings (SSSR count). The first-order chi connectivity index (χ1) is 18.2. The van der Waals surface area contributed by atoms with E-state index < -0.39 is 8.32 Å². The maximum atomic E-state index is 13.1. The number of rotatable bonds is 9. The van der Waals surface area contributed by atoms with Crippen molar-refractivity contribution >= 4 is 19.9 Å². The molecule has 0 bridgehead atoms. The summed E-state index contributed by atoms with van der Waals surface area (Å²) in [7, 11) is -1.54. The first-order valence-corrected chi connectivity index (χ1v) is 16.1. The Morgan fingerprint density at radius 3 is 2.39 bits per heavy atom. The molecule has 2 aliphatic heterocycles. The van der Waals surface area contributed by atoms with E-state index in [2.05, 4.69) is 39.8 Å². The molecule has 1 N–H and O–H groups in total. The number of hydrogen-bond donors (Lipinski definition) is 1. The third kappa shape index (κ3) is 5.63. The van der Waals surface area contributed by atoms with Crippen LogP contribution in [0.25, 0.3) is 39.5 Å². The minimum absolute atomic E-state index is 0.194. The molecule has 3 aromatic rings. The normalized spacial score (nSPS) is 11.9. The van der Waals surface area contributed by atoms with E-state index in [0.29, 0.717) is 47.7 Å². The number of nitrogens with zero attached hydrogens (tertiary/aromatic N) is 5. The number of aryl methyl sites for hydroxylation is 1. The van der Waals surface area contributed by atoms with Gasteiger partial charge in [-0.1, -0.05) is 35.9 Å². The summed E-state index contributed by atoms with van der Waals surface area (Å²) in [5, 5.41) is 9.81. The van der Waals surface area contributed by atoms with Crippen LogP contribution in [-0.2, 0) is 15.9 Å². The SMILES string of the molecule is Cc1[nH]cc2c(=O)n(-c3ccc(Cl)cc3)nc-2c1-c1ccc(-c2ncn(COCCO[Si](C)(C)C)n2)cc1. The third-order valence-corrected chi connectivity index (χ3v) is 7.27. The van der Waals surface area contributed by atoms with Gasteiger partial charge in [0, 0.05) is 28.0 Å². The average Bonchev–Trinajstić information content (AvgIpc) is 3.48. The molecule has 0 amide bonds. The summed E-state index contributed by atoms with van der Waals surface area (Å²) in [5.74, 6) is 0.605. The van der Waals surface area contributed by atoms with Crippen molar-refractivity contribution in [3.63, 3.8) is 0 Å². The van der Waals surface area contributed by atoms with E-state index >= 15 is 0 Å². The van der Waals surface area contributed by atoms with Gasteiger partial charge in [-0.15, -0.1) is 5.10 Å². The molecule has 0 aliphatic carbocycles. The third-order valence-electron chi connectivity index (χ3n) is 5.95. The second-order valence-corrected chi connectivity index (χ2v) is 14.9. The van der Waals surface area contributed by atoms with Gasteiger partial charge in [0.25, 0.3) is 5.56 Å². The monoisotopic (exact) mass is 548 g/mol. The Morgan fingerprint density at radius 1 is 0.974 bits per heavy atom. The summed E-state index contributed by atoms with van der Waals surface area (Å²) in [4.78, 5) is 20.8. The lowest BCUT2D eigenvalue weighted by atomic mass is 9.98. The Bertz CT molecular complexity index is 1570. The summed E-state index contributed by atoms with van der Waals surface area (Å²) in [5.41, 5.74) is 5.18. The molecule has 11 heteroatoms. The Kier molecular flexibility index (Phi) is 7.31. The van der Waals surface area contributed by atoms with E-state index in [9.17, 15) is 4.79 Å². The molecule has 9 nitrogen and oxygen atoms in total. The topological polar surface area (TPSA) is 99.9 Å². The van der Waals surface area contributed by atoms with Crippen molar-refractivity contribution in [2.75, 3.05) is 13.2 Å². The minimum Gasteiger partial charge on any atom is -0.415 e. The van der Waals surface area contributed by atoms with Gasteiger partial charge < -0.3 is 14.1 Å². The zero-order chi connectivity index (χ0) is 26.9. The van der Waals surface area contributed by atoms with Crippen LogP contribution in [0.1, 0.15) is 5.69 Å². The molecule has 0 fully saturated rings. The number of benzene rings is 2. The summed E-state index contributed by atoms with van der Waals surface area (Å²) < 4.78 is 14.5. The van der Waals surface area contributed by atoms with Crippen LogP contribution in [0.15, 0.2) is 65.8 Å². The van der Waals surface area contributed by atoms with Crippen molar-refractivity contribution in [1.29, 1.82) is 0 Å². The molecule has 38 heavy (non-hydrogen) atoms. The molecule has 1 aromatic heterocycles. The average molecular weight is 549 g/mol. The van der Waals surface area contributed by atoms with Crippen LogP contribution in [0.3, 0.4) is 0 Å². The summed E-state index contributed by atoms with van der Waals surface area (Å²) in [6, 6.07) is 14.9. The lowest BCUT2D eigenvalue weighted by Gasteiger charge is -2.16. The van der Waals surface area contributed by atoms with Gasteiger partial charge in [-0.2, -0.15) is 9.78 Å². The van der Waals surface area contributed by atoms with E-state index in [4.69, 9.17) is 20.8 Å². The zero-order valence-electron chi connectivity index (χ0n) is 21.7. The van der Waals surface area contributed by atoms with Crippen LogP contribution >= 0.6 is 11.6 Å². The zero-order valence-corrected chi connectivity index (χ0v) is 23.5. The molecular weight excluding hydrogens is 520 g/mol. The van der Waals surface area contributed by atoms with Gasteiger partial charge in [-0.05, 0) is 56.4 Å². The number of ether oxygens (including phenoxy) is 1. The predicted molar refractivity (Wildman–Crippen MR) is 150 cm³/mol. The smallest absolute Gasteiger partial charge is 0.282 e. The number of aromatic nitrogens is 6. The fourth-order valence-electron chi connectivity index (χ4n) is 4.11. The highest BCUT2D eigenvalue weighted by atomic mass is 35.5. The molecular formula is C27H29ClN6O3Si. The largest absolute Gasteiger partial charge is 0.415 e. The van der Waals surface area contributed by atoms with Crippen LogP contribution in [0.2, 0.25) is 24.7 Å². The van der Waals surface area contributed by atoms with E-state index in [1.807, 2.05) is 31.2 Å². The molecule has 2 aromatic carbocycles. The van der Waals surface area contributed by atoms with Gasteiger partial charge in [0.2, 0.25) is 0 Å². The molecule has 0 saturated heterocycles. The van der Waals surface area contributed by atoms with Gasteiger partial charge >= 0.3 is 0 Å². The Labute approximate surface area is 226 Å². The fourth-order valence-corrected chi connectivity index (χ4v) is 4.93. The Balaban J connectivity index is 1.35. The number of H-pyrrole nitrogens is 1. The van der Waals surface area contributed by atoms with Gasteiger partial charge in [0.05, 0.1) is 24.5 Å². The van der Waals surface area contributed by atoms with Crippen LogP contribution in [0.5, 0.6) is 0 Å². The standard InChI is InChI=1S/C27H29ClN6O3Si/c1-18-24(25-23(15-29-18)27(35)34(31-25)22-11-9-21(28)10-12-22)19-5-7-20(8-6-19)26-30-16-33(32-26)17-36-13-14-37-38(2,3)4/h5-12,15-16,29H,13-14,17H2,1-4H3. The molecule has 0 unspecified atom stereocenters. The maximum Gasteiger partial charge on any atom is 0.282 e. The molecule has 0 spiro atoms. The molecule has 3 heterocycles. The highest BCUT2D eigenvalue weighted by molar-refractivity contribution is 6.69. The second-order valence-electron chi connectivity index (χ2n) is 9.93. The lowest BCUT2D eigenvalue weighted by Crippen LogP contribution is -2.27. The highest BCUT2D eigenvalue weighted by Crippen LogP contribution is 2.33. The molecule has 0 radical (unpaired) electrons. The van der Waals surface area contributed by atoms with E-state index in [1.54, 1.807) is 41.5 Å². The molecule has 2 aliphatic rings. The van der Waals surface area contributed by atoms with Crippen molar-refractivity contribution in [2.24, 2.45) is 0 Å². The summed E-state index contributed by atoms with van der Waals surface area (Å²) >= 11 is 6.02. The van der Waals surface area contributed by atoms with Crippen molar-refractivity contribution in [1.82, 2.24) is 29.5 Å². The first-order valence-electron chi connectivity index (χ1n) is 12.3. The predicted octanol–water partition coefficient (Wildman–Crippen LogP) is 5.38. The number of aromatic amines is 1. The maximum absolute atomic E-state index is 13.1.